The standard InChI is InChI=1S/C35H34F5N3O7/c1-4-49-17-19-12-27(47-2)31(28(13-19)48-3)32-23-7-5-6-20(22(23)8-9-41-32)14-26(34(45)46)42-33(44)30-24(36)15-21(16-25(30)37)43-10-11-50-18-29(43)35(38,39)40/h5-9,12-13,15-16,26,29H,4,10-11,14,17-18H2,1-3H3,(H,42,44)(H,45,46)/t26-,29+/m0/s1. The number of rotatable bonds is 12. The smallest absolute Gasteiger partial charge is 0.411 e. The Kier molecular flexibility index (Phi) is 11.1. The average Bonchev–Trinajstić information content (AvgIpc) is 3.09. The second-order valence-corrected chi connectivity index (χ2v) is 11.4. The number of methoxy groups -OCH3 is 2. The highest BCUT2D eigenvalue weighted by Crippen LogP contribution is 2.42. The Labute approximate surface area is 283 Å². The number of aromatic nitrogens is 1. The molecule has 1 saturated heterocycles. The monoisotopic (exact) mass is 703 g/mol. The summed E-state index contributed by atoms with van der Waals surface area (Å²) in [6.45, 7) is 1.57. The van der Waals surface area contributed by atoms with Gasteiger partial charge in [0.25, 0.3) is 5.91 Å². The topological polar surface area (TPSA) is 119 Å². The van der Waals surface area contributed by atoms with E-state index in [0.717, 1.165) is 10.5 Å². The van der Waals surface area contributed by atoms with Crippen molar-refractivity contribution in [1.29, 1.82) is 0 Å². The molecule has 1 fully saturated rings. The zero-order valence-electron chi connectivity index (χ0n) is 27.3. The van der Waals surface area contributed by atoms with E-state index in [1.54, 1.807) is 36.4 Å². The highest BCUT2D eigenvalue weighted by atomic mass is 19.4. The van der Waals surface area contributed by atoms with Crippen molar-refractivity contribution in [3.05, 3.63) is 83.1 Å². The molecule has 15 heteroatoms. The zero-order valence-corrected chi connectivity index (χ0v) is 27.3. The number of ether oxygens (including phenoxy) is 4. The van der Waals surface area contributed by atoms with Gasteiger partial charge in [-0.25, -0.2) is 13.6 Å². The number of carboxylic acids is 1. The predicted octanol–water partition coefficient (Wildman–Crippen LogP) is 5.93. The summed E-state index contributed by atoms with van der Waals surface area (Å²) >= 11 is 0. The van der Waals surface area contributed by atoms with Gasteiger partial charge in [0.2, 0.25) is 0 Å². The van der Waals surface area contributed by atoms with E-state index in [1.165, 1.54) is 20.4 Å². The Morgan fingerprint density at radius 2 is 1.74 bits per heavy atom. The highest BCUT2D eigenvalue weighted by molar-refractivity contribution is 6.00. The maximum atomic E-state index is 15.2. The van der Waals surface area contributed by atoms with Crippen molar-refractivity contribution in [3.8, 4) is 22.8 Å². The molecule has 3 aromatic carbocycles. The number of carboxylic acid groups (broad SMARTS) is 1. The summed E-state index contributed by atoms with van der Waals surface area (Å²) in [6, 6.07) is 7.77. The van der Waals surface area contributed by atoms with Crippen molar-refractivity contribution in [1.82, 2.24) is 10.3 Å². The Balaban J connectivity index is 1.45. The average molecular weight is 704 g/mol. The van der Waals surface area contributed by atoms with Gasteiger partial charge in [0.15, 0.2) is 0 Å². The molecule has 1 aliphatic heterocycles. The zero-order chi connectivity index (χ0) is 36.2. The predicted molar refractivity (Wildman–Crippen MR) is 173 cm³/mol. The summed E-state index contributed by atoms with van der Waals surface area (Å²) < 4.78 is 92.9. The molecule has 2 heterocycles. The van der Waals surface area contributed by atoms with E-state index in [0.29, 0.717) is 64.4 Å². The van der Waals surface area contributed by atoms with Crippen molar-refractivity contribution in [2.45, 2.75) is 38.2 Å². The van der Waals surface area contributed by atoms with Gasteiger partial charge in [-0.1, -0.05) is 18.2 Å². The lowest BCUT2D eigenvalue weighted by Gasteiger charge is -2.38. The molecule has 2 N–H and O–H groups in total. The van der Waals surface area contributed by atoms with Gasteiger partial charge in [0, 0.05) is 36.8 Å². The number of aliphatic carboxylic acids is 1. The molecule has 0 radical (unpaired) electrons. The van der Waals surface area contributed by atoms with Crippen LogP contribution in [0, 0.1) is 11.6 Å². The van der Waals surface area contributed by atoms with Crippen LogP contribution in [0.5, 0.6) is 11.5 Å². The number of anilines is 1. The highest BCUT2D eigenvalue weighted by Gasteiger charge is 2.46. The van der Waals surface area contributed by atoms with E-state index in [-0.39, 0.29) is 19.6 Å². The molecule has 266 valence electrons. The van der Waals surface area contributed by atoms with Gasteiger partial charge < -0.3 is 34.3 Å². The molecule has 0 aliphatic carbocycles. The number of nitrogens with one attached hydrogen (secondary N) is 1. The van der Waals surface area contributed by atoms with Crippen molar-refractivity contribution in [3.63, 3.8) is 0 Å². The number of morpholine rings is 1. The number of nitrogens with zero attached hydrogens (tertiary/aromatic N) is 2. The molecule has 0 saturated carbocycles. The number of fused-ring (bicyclic) bond motifs is 1. The van der Waals surface area contributed by atoms with E-state index in [2.05, 4.69) is 10.3 Å². The quantitative estimate of drug-likeness (QED) is 0.173. The van der Waals surface area contributed by atoms with Crippen LogP contribution in [-0.2, 0) is 27.3 Å². The molecular formula is C35H34F5N3O7. The number of alkyl halides is 3. The first-order valence-corrected chi connectivity index (χ1v) is 15.5. The summed E-state index contributed by atoms with van der Waals surface area (Å²) in [7, 11) is 3.00. The lowest BCUT2D eigenvalue weighted by Crippen LogP contribution is -2.53. The van der Waals surface area contributed by atoms with Gasteiger partial charge >= 0.3 is 12.1 Å². The minimum Gasteiger partial charge on any atom is -0.496 e. The molecule has 0 bridgehead atoms. The van der Waals surface area contributed by atoms with Crippen molar-refractivity contribution < 1.29 is 55.6 Å². The first-order chi connectivity index (χ1) is 23.9. The van der Waals surface area contributed by atoms with Crippen LogP contribution in [0.3, 0.4) is 0 Å². The first-order valence-electron chi connectivity index (χ1n) is 15.5. The fourth-order valence-corrected chi connectivity index (χ4v) is 5.93. The number of carbonyl (C=O) groups is 2. The number of amides is 1. The van der Waals surface area contributed by atoms with Gasteiger partial charge in [-0.05, 0) is 53.8 Å². The number of benzene rings is 3. The van der Waals surface area contributed by atoms with Crippen LogP contribution in [0.2, 0.25) is 0 Å². The van der Waals surface area contributed by atoms with E-state index in [9.17, 15) is 27.9 Å². The summed E-state index contributed by atoms with van der Waals surface area (Å²) in [5.74, 6) is -4.88. The Morgan fingerprint density at radius 1 is 1.06 bits per heavy atom. The van der Waals surface area contributed by atoms with Crippen LogP contribution in [-0.4, -0.2) is 80.8 Å². The molecule has 1 aromatic heterocycles. The van der Waals surface area contributed by atoms with Crippen LogP contribution in [0.25, 0.3) is 22.0 Å². The van der Waals surface area contributed by atoms with Crippen molar-refractivity contribution in [2.75, 3.05) is 45.5 Å². The number of pyridine rings is 1. The third kappa shape index (κ3) is 7.58. The summed E-state index contributed by atoms with van der Waals surface area (Å²) in [5, 5.41) is 13.4. The fourth-order valence-electron chi connectivity index (χ4n) is 5.93. The normalized spacial score (nSPS) is 15.5. The minimum atomic E-state index is -4.75. The van der Waals surface area contributed by atoms with Gasteiger partial charge in [0.05, 0.1) is 45.3 Å². The van der Waals surface area contributed by atoms with Crippen LogP contribution < -0.4 is 19.7 Å². The van der Waals surface area contributed by atoms with Crippen LogP contribution in [0.15, 0.2) is 54.7 Å². The molecule has 10 nitrogen and oxygen atoms in total. The van der Waals surface area contributed by atoms with Crippen LogP contribution >= 0.6 is 0 Å². The van der Waals surface area contributed by atoms with E-state index in [4.69, 9.17) is 18.9 Å². The maximum absolute atomic E-state index is 15.2. The van der Waals surface area contributed by atoms with E-state index >= 15 is 8.78 Å². The number of halogens is 5. The molecule has 0 spiro atoms. The van der Waals surface area contributed by atoms with Gasteiger partial charge in [-0.3, -0.25) is 9.78 Å². The second kappa shape index (κ2) is 15.3. The Morgan fingerprint density at radius 3 is 2.34 bits per heavy atom. The molecule has 1 aliphatic rings. The van der Waals surface area contributed by atoms with Crippen LogP contribution in [0.1, 0.15) is 28.4 Å². The summed E-state index contributed by atoms with van der Waals surface area (Å²) in [4.78, 5) is 30.8. The molecule has 5 rings (SSSR count). The number of carbonyl (C=O) groups excluding carboxylic acids is 1. The largest absolute Gasteiger partial charge is 0.496 e. The fraction of sp³-hybridized carbons (Fsp3) is 0.343. The Bertz CT molecular complexity index is 1840. The van der Waals surface area contributed by atoms with Gasteiger partial charge in [-0.15, -0.1) is 0 Å². The first kappa shape index (κ1) is 36.3. The van der Waals surface area contributed by atoms with Crippen LogP contribution in [0.4, 0.5) is 27.6 Å². The maximum Gasteiger partial charge on any atom is 0.411 e. The van der Waals surface area contributed by atoms with Gasteiger partial charge in [0.1, 0.15) is 40.8 Å². The third-order valence-corrected chi connectivity index (χ3v) is 8.29. The molecule has 1 amide bonds. The van der Waals surface area contributed by atoms with E-state index in [1.807, 2.05) is 6.92 Å². The van der Waals surface area contributed by atoms with E-state index < -0.39 is 59.6 Å². The summed E-state index contributed by atoms with van der Waals surface area (Å²) in [5.41, 5.74) is 0.705. The molecular weight excluding hydrogens is 669 g/mol. The third-order valence-electron chi connectivity index (χ3n) is 8.29. The summed E-state index contributed by atoms with van der Waals surface area (Å²) in [6.07, 6.45) is -3.53. The van der Waals surface area contributed by atoms with Crippen molar-refractivity contribution in [2.24, 2.45) is 0 Å². The Hall–Kier alpha value is -5.02. The molecule has 2 atom stereocenters. The second-order valence-electron chi connectivity index (χ2n) is 11.4. The lowest BCUT2D eigenvalue weighted by atomic mass is 9.95. The molecule has 4 aromatic rings. The molecule has 50 heavy (non-hydrogen) atoms. The number of hydrogen-bond acceptors (Lipinski definition) is 8. The van der Waals surface area contributed by atoms with Crippen molar-refractivity contribution >= 4 is 28.3 Å². The van der Waals surface area contributed by atoms with Gasteiger partial charge in [-0.2, -0.15) is 13.2 Å². The lowest BCUT2D eigenvalue weighted by molar-refractivity contribution is -0.167. The molecule has 0 unspecified atom stereocenters. The SMILES string of the molecule is CCOCc1cc(OC)c(-c2nccc3c(C[C@H](NC(=O)c4c(F)cc(N5CCOC[C@@H]5C(F)(F)F)cc4F)C(=O)O)cccc23)c(OC)c1. The minimum absolute atomic E-state index is 0.105. The number of hydrogen-bond donors (Lipinski definition) is 2.